The Hall–Kier alpha value is -2.25. The maximum atomic E-state index is 12.5. The highest BCUT2D eigenvalue weighted by Crippen LogP contribution is 2.25. The molecule has 1 aromatic carbocycles. The fourth-order valence-corrected chi connectivity index (χ4v) is 2.70. The highest BCUT2D eigenvalue weighted by atomic mass is 16.5. The number of carbonyl (C=O) groups is 1. The molecule has 0 bridgehead atoms. The Kier molecular flexibility index (Phi) is 5.55. The second-order valence-electron chi connectivity index (χ2n) is 5.60. The van der Waals surface area contributed by atoms with Gasteiger partial charge in [0, 0.05) is 32.2 Å². The summed E-state index contributed by atoms with van der Waals surface area (Å²) in [6, 6.07) is 9.25. The van der Waals surface area contributed by atoms with Gasteiger partial charge in [-0.25, -0.2) is 0 Å². The Balaban J connectivity index is 1.74. The summed E-state index contributed by atoms with van der Waals surface area (Å²) in [5.74, 6) is 0.989. The van der Waals surface area contributed by atoms with E-state index in [0.717, 1.165) is 5.56 Å². The molecule has 3 rings (SSSR count). The molecule has 7 nitrogen and oxygen atoms in total. The molecule has 1 aliphatic heterocycles. The van der Waals surface area contributed by atoms with Crippen molar-refractivity contribution in [3.8, 4) is 11.5 Å². The van der Waals surface area contributed by atoms with Crippen molar-refractivity contribution in [2.75, 3.05) is 33.5 Å². The van der Waals surface area contributed by atoms with Crippen molar-refractivity contribution in [3.63, 3.8) is 0 Å². The van der Waals surface area contributed by atoms with Crippen LogP contribution >= 0.6 is 0 Å². The quantitative estimate of drug-likeness (QED) is 0.754. The van der Waals surface area contributed by atoms with Crippen LogP contribution in [0.1, 0.15) is 24.7 Å². The van der Waals surface area contributed by atoms with E-state index in [1.54, 1.807) is 12.0 Å². The molecule has 0 unspecified atom stereocenters. The van der Waals surface area contributed by atoms with Crippen LogP contribution in [0.15, 0.2) is 34.9 Å². The van der Waals surface area contributed by atoms with Gasteiger partial charge < -0.3 is 18.9 Å². The van der Waals surface area contributed by atoms with Gasteiger partial charge in [0.25, 0.3) is 5.89 Å². The van der Waals surface area contributed by atoms with Gasteiger partial charge >= 0.3 is 0 Å². The topological polar surface area (TPSA) is 77.7 Å². The fourth-order valence-electron chi connectivity index (χ4n) is 2.70. The lowest BCUT2D eigenvalue weighted by molar-refractivity contribution is -0.140. The second-order valence-corrected chi connectivity index (χ2v) is 5.60. The molecule has 1 aromatic heterocycles. The number of rotatable bonds is 6. The molecule has 0 spiro atoms. The van der Waals surface area contributed by atoms with Crippen LogP contribution in [0.4, 0.5) is 0 Å². The van der Waals surface area contributed by atoms with Crippen LogP contribution in [-0.4, -0.2) is 54.4 Å². The van der Waals surface area contributed by atoms with Gasteiger partial charge in [0.15, 0.2) is 5.82 Å². The lowest BCUT2D eigenvalue weighted by atomic mass is 10.1. The zero-order valence-electron chi connectivity index (χ0n) is 13.7. The predicted octanol–water partition coefficient (Wildman–Crippen LogP) is 2.06. The van der Waals surface area contributed by atoms with Gasteiger partial charge in [-0.15, -0.1) is 0 Å². The van der Waals surface area contributed by atoms with Gasteiger partial charge in [-0.05, 0) is 18.6 Å². The maximum absolute atomic E-state index is 12.5. The number of morpholine rings is 1. The summed E-state index contributed by atoms with van der Waals surface area (Å²) in [6.07, 6.45) is 1.13. The van der Waals surface area contributed by atoms with Gasteiger partial charge in [0.1, 0.15) is 6.04 Å². The number of amides is 1. The molecule has 0 aliphatic carbocycles. The normalized spacial score (nSPS) is 17.9. The molecule has 128 valence electrons. The molecule has 0 radical (unpaired) electrons. The molecule has 1 amide bonds. The van der Waals surface area contributed by atoms with Crippen molar-refractivity contribution in [1.82, 2.24) is 15.0 Å². The summed E-state index contributed by atoms with van der Waals surface area (Å²) < 4.78 is 15.9. The largest absolute Gasteiger partial charge is 0.385 e. The lowest BCUT2D eigenvalue weighted by Gasteiger charge is -2.33. The minimum absolute atomic E-state index is 0.0615. The van der Waals surface area contributed by atoms with E-state index in [4.69, 9.17) is 14.0 Å². The summed E-state index contributed by atoms with van der Waals surface area (Å²) in [5.41, 5.74) is 0.853. The molecule has 1 saturated heterocycles. The standard InChI is InChI=1S/C17H21N3O4/c1-22-10-5-8-15(21)20-9-11-23-12-14(20)16-18-17(24-19-16)13-6-3-2-4-7-13/h2-4,6-7,14H,5,8-12H2,1H3/t14-/m1/s1. The average Bonchev–Trinajstić information content (AvgIpc) is 3.12. The van der Waals surface area contributed by atoms with Crippen LogP contribution < -0.4 is 0 Å². The number of methoxy groups -OCH3 is 1. The Morgan fingerprint density at radius 2 is 2.21 bits per heavy atom. The van der Waals surface area contributed by atoms with Gasteiger partial charge in [-0.1, -0.05) is 23.4 Å². The zero-order chi connectivity index (χ0) is 16.8. The Bertz CT molecular complexity index is 659. The number of ether oxygens (including phenoxy) is 2. The van der Waals surface area contributed by atoms with E-state index >= 15 is 0 Å². The van der Waals surface area contributed by atoms with Crippen LogP contribution in [-0.2, 0) is 14.3 Å². The van der Waals surface area contributed by atoms with Gasteiger partial charge in [0.2, 0.25) is 5.91 Å². The molecule has 24 heavy (non-hydrogen) atoms. The molecule has 7 heteroatoms. The number of aromatic nitrogens is 2. The predicted molar refractivity (Wildman–Crippen MR) is 86.1 cm³/mol. The smallest absolute Gasteiger partial charge is 0.257 e. The van der Waals surface area contributed by atoms with Crippen LogP contribution in [0, 0.1) is 0 Å². The third-order valence-electron chi connectivity index (χ3n) is 3.95. The van der Waals surface area contributed by atoms with E-state index in [1.807, 2.05) is 30.3 Å². The van der Waals surface area contributed by atoms with E-state index < -0.39 is 0 Å². The summed E-state index contributed by atoms with van der Waals surface area (Å²) >= 11 is 0. The number of carbonyl (C=O) groups excluding carboxylic acids is 1. The monoisotopic (exact) mass is 331 g/mol. The van der Waals surface area contributed by atoms with Crippen LogP contribution in [0.2, 0.25) is 0 Å². The van der Waals surface area contributed by atoms with Gasteiger partial charge in [-0.3, -0.25) is 4.79 Å². The second kappa shape index (κ2) is 8.03. The van der Waals surface area contributed by atoms with Crippen molar-refractivity contribution in [2.45, 2.75) is 18.9 Å². The molecule has 2 heterocycles. The summed E-state index contributed by atoms with van der Waals surface area (Å²) in [6.45, 7) is 2.01. The van der Waals surface area contributed by atoms with Crippen molar-refractivity contribution >= 4 is 5.91 Å². The number of benzene rings is 1. The first-order valence-electron chi connectivity index (χ1n) is 8.05. The van der Waals surface area contributed by atoms with Crippen molar-refractivity contribution in [2.24, 2.45) is 0 Å². The first-order valence-corrected chi connectivity index (χ1v) is 8.05. The van der Waals surface area contributed by atoms with Crippen LogP contribution in [0.5, 0.6) is 0 Å². The highest BCUT2D eigenvalue weighted by Gasteiger charge is 2.32. The third-order valence-corrected chi connectivity index (χ3v) is 3.95. The van der Waals surface area contributed by atoms with E-state index in [1.165, 1.54) is 0 Å². The first kappa shape index (κ1) is 16.6. The Morgan fingerprint density at radius 3 is 3.00 bits per heavy atom. The summed E-state index contributed by atoms with van der Waals surface area (Å²) in [5, 5.41) is 4.06. The summed E-state index contributed by atoms with van der Waals surface area (Å²) in [4.78, 5) is 18.7. The molecule has 1 aliphatic rings. The van der Waals surface area contributed by atoms with E-state index in [-0.39, 0.29) is 11.9 Å². The molecule has 2 aromatic rings. The fraction of sp³-hybridized carbons (Fsp3) is 0.471. The molecule has 0 N–H and O–H groups in total. The van der Waals surface area contributed by atoms with Crippen molar-refractivity contribution < 1.29 is 18.8 Å². The third kappa shape index (κ3) is 3.80. The maximum Gasteiger partial charge on any atom is 0.257 e. The first-order chi connectivity index (χ1) is 11.8. The van der Waals surface area contributed by atoms with Crippen molar-refractivity contribution in [1.29, 1.82) is 0 Å². The van der Waals surface area contributed by atoms with Crippen LogP contribution in [0.3, 0.4) is 0 Å². The van der Waals surface area contributed by atoms with Gasteiger partial charge in [0.05, 0.1) is 13.2 Å². The SMILES string of the molecule is COCCCC(=O)N1CCOC[C@@H]1c1noc(-c2ccccc2)n1. The number of nitrogens with zero attached hydrogens (tertiary/aromatic N) is 3. The minimum atomic E-state index is -0.310. The van der Waals surface area contributed by atoms with Crippen LogP contribution in [0.25, 0.3) is 11.5 Å². The number of hydrogen-bond donors (Lipinski definition) is 0. The Labute approximate surface area is 140 Å². The molecule has 1 atom stereocenters. The Morgan fingerprint density at radius 1 is 1.38 bits per heavy atom. The van der Waals surface area contributed by atoms with E-state index in [2.05, 4.69) is 10.1 Å². The van der Waals surface area contributed by atoms with E-state index in [9.17, 15) is 4.79 Å². The highest BCUT2D eigenvalue weighted by molar-refractivity contribution is 5.76. The number of hydrogen-bond acceptors (Lipinski definition) is 6. The van der Waals surface area contributed by atoms with E-state index in [0.29, 0.717) is 50.9 Å². The zero-order valence-corrected chi connectivity index (χ0v) is 13.7. The molecule has 1 fully saturated rings. The van der Waals surface area contributed by atoms with Gasteiger partial charge in [-0.2, -0.15) is 4.98 Å². The summed E-state index contributed by atoms with van der Waals surface area (Å²) in [7, 11) is 1.63. The minimum Gasteiger partial charge on any atom is -0.385 e. The molecule has 0 saturated carbocycles. The van der Waals surface area contributed by atoms with Crippen molar-refractivity contribution in [3.05, 3.63) is 36.2 Å². The molecular formula is C17H21N3O4. The lowest BCUT2D eigenvalue weighted by Crippen LogP contribution is -2.43. The molecular weight excluding hydrogens is 310 g/mol. The average molecular weight is 331 g/mol.